The molecule has 7 heteroatoms. The normalized spacial score (nSPS) is 12.5. The summed E-state index contributed by atoms with van der Waals surface area (Å²) >= 11 is 0. The number of aryl methyl sites for hydroxylation is 1. The van der Waals surface area contributed by atoms with E-state index in [1.807, 2.05) is 41.5 Å². The number of carbonyl (C=O) groups is 1. The number of sulfone groups is 1. The lowest BCUT2D eigenvalue weighted by Crippen LogP contribution is -2.16. The molecule has 0 fully saturated rings. The monoisotopic (exact) mass is 432 g/mol. The third-order valence-electron chi connectivity index (χ3n) is 5.42. The van der Waals surface area contributed by atoms with Crippen molar-refractivity contribution >= 4 is 21.2 Å². The van der Waals surface area contributed by atoms with Gasteiger partial charge in [-0.05, 0) is 76.8 Å². The fraction of sp³-hybridized carbons (Fsp3) is 0.478. The highest BCUT2D eigenvalue weighted by atomic mass is 32.2. The molecule has 2 rings (SSSR count). The number of nitrogens with zero attached hydrogens (tertiary/aromatic N) is 2. The molecular formula is C23H32N2O4S. The van der Waals surface area contributed by atoms with Gasteiger partial charge < -0.3 is 4.74 Å². The Morgan fingerprint density at radius 1 is 1.17 bits per heavy atom. The molecule has 1 atom stereocenters. The van der Waals surface area contributed by atoms with Gasteiger partial charge in [0.05, 0.1) is 17.2 Å². The van der Waals surface area contributed by atoms with Gasteiger partial charge in [-0.1, -0.05) is 12.5 Å². The van der Waals surface area contributed by atoms with Crippen molar-refractivity contribution in [2.24, 2.45) is 0 Å². The number of ether oxygens (including phenoxy) is 1. The van der Waals surface area contributed by atoms with Crippen molar-refractivity contribution in [3.8, 4) is 5.88 Å². The van der Waals surface area contributed by atoms with Crippen molar-refractivity contribution < 1.29 is 17.9 Å². The molecule has 0 aliphatic heterocycles. The van der Waals surface area contributed by atoms with Crippen LogP contribution in [0.2, 0.25) is 0 Å². The molecule has 0 spiro atoms. The number of rotatable bonds is 8. The lowest BCUT2D eigenvalue weighted by molar-refractivity contribution is 0.102. The van der Waals surface area contributed by atoms with Gasteiger partial charge in [0.1, 0.15) is 5.56 Å². The molecule has 2 aromatic rings. The van der Waals surface area contributed by atoms with E-state index in [1.165, 1.54) is 18.5 Å². The van der Waals surface area contributed by atoms with Crippen molar-refractivity contribution in [2.45, 2.75) is 72.4 Å². The smallest absolute Gasteiger partial charge is 0.223 e. The van der Waals surface area contributed by atoms with E-state index in [0.717, 1.165) is 17.6 Å². The van der Waals surface area contributed by atoms with Crippen molar-refractivity contribution in [3.05, 3.63) is 46.2 Å². The average Bonchev–Trinajstić information content (AvgIpc) is 3.08. The van der Waals surface area contributed by atoms with Gasteiger partial charge in [-0.3, -0.25) is 4.79 Å². The summed E-state index contributed by atoms with van der Waals surface area (Å²) in [7, 11) is -3.46. The third kappa shape index (κ3) is 4.67. The Hall–Kier alpha value is -2.41. The Labute approximate surface area is 179 Å². The molecule has 0 saturated carbocycles. The minimum atomic E-state index is -3.46. The van der Waals surface area contributed by atoms with Gasteiger partial charge in [-0.25, -0.2) is 13.1 Å². The lowest BCUT2D eigenvalue weighted by Gasteiger charge is -2.18. The zero-order valence-corrected chi connectivity index (χ0v) is 20.0. The van der Waals surface area contributed by atoms with Gasteiger partial charge in [0, 0.05) is 18.4 Å². The van der Waals surface area contributed by atoms with Crippen LogP contribution in [0.25, 0.3) is 5.57 Å². The van der Waals surface area contributed by atoms with Gasteiger partial charge in [0.25, 0.3) is 0 Å². The quantitative estimate of drug-likeness (QED) is 0.558. The number of hydrogen-bond donors (Lipinski definition) is 0. The second-order valence-electron chi connectivity index (χ2n) is 7.85. The molecule has 0 saturated heterocycles. The molecule has 30 heavy (non-hydrogen) atoms. The standard InChI is InChI=1S/C23H32N2O4S/c1-9-15(5)29-23-19(13-24-25(23)10-2)22(26)18-11-12-20(30(8,27)28)21(17(18)7)16(6)14(3)4/h11-13,15H,9-10H2,1-8H3. The first kappa shape index (κ1) is 23.9. The molecule has 0 amide bonds. The first-order valence-electron chi connectivity index (χ1n) is 10.2. The number of hydrogen-bond acceptors (Lipinski definition) is 5. The SMILES string of the molecule is CCC(C)Oc1c(C(=O)c2ccc(S(C)(=O)=O)c(C(C)=C(C)C)c2C)cnn1CC. The summed E-state index contributed by atoms with van der Waals surface area (Å²) in [6, 6.07) is 3.11. The topological polar surface area (TPSA) is 78.3 Å². The van der Waals surface area contributed by atoms with E-state index >= 15 is 0 Å². The summed E-state index contributed by atoms with van der Waals surface area (Å²) in [5, 5.41) is 4.31. The fourth-order valence-electron chi connectivity index (χ4n) is 3.26. The highest BCUT2D eigenvalue weighted by Gasteiger charge is 2.26. The Balaban J connectivity index is 2.72. The van der Waals surface area contributed by atoms with Crippen LogP contribution in [0, 0.1) is 6.92 Å². The molecule has 0 radical (unpaired) electrons. The zero-order chi connectivity index (χ0) is 22.8. The highest BCUT2D eigenvalue weighted by Crippen LogP contribution is 2.33. The highest BCUT2D eigenvalue weighted by molar-refractivity contribution is 7.90. The van der Waals surface area contributed by atoms with Crippen LogP contribution < -0.4 is 4.74 Å². The second-order valence-corrected chi connectivity index (χ2v) is 9.84. The molecule has 1 heterocycles. The summed E-state index contributed by atoms with van der Waals surface area (Å²) in [5.41, 5.74) is 3.90. The molecule has 0 N–H and O–H groups in total. The van der Waals surface area contributed by atoms with Crippen LogP contribution in [0.1, 0.15) is 75.0 Å². The van der Waals surface area contributed by atoms with Gasteiger partial charge in [0.15, 0.2) is 15.6 Å². The van der Waals surface area contributed by atoms with Gasteiger partial charge in [-0.2, -0.15) is 5.10 Å². The van der Waals surface area contributed by atoms with E-state index in [1.54, 1.807) is 17.7 Å². The van der Waals surface area contributed by atoms with E-state index in [9.17, 15) is 13.2 Å². The molecule has 0 bridgehead atoms. The largest absolute Gasteiger partial charge is 0.474 e. The molecule has 1 aromatic heterocycles. The van der Waals surface area contributed by atoms with E-state index in [0.29, 0.717) is 34.7 Å². The summed E-state index contributed by atoms with van der Waals surface area (Å²) in [6.07, 6.45) is 3.46. The Morgan fingerprint density at radius 2 is 1.80 bits per heavy atom. The van der Waals surface area contributed by atoms with Crippen LogP contribution in [0.3, 0.4) is 0 Å². The number of aromatic nitrogens is 2. The van der Waals surface area contributed by atoms with Crippen LogP contribution in [0.5, 0.6) is 5.88 Å². The molecule has 6 nitrogen and oxygen atoms in total. The van der Waals surface area contributed by atoms with Crippen molar-refractivity contribution in [2.75, 3.05) is 6.26 Å². The molecule has 1 unspecified atom stereocenters. The lowest BCUT2D eigenvalue weighted by atomic mass is 9.91. The molecule has 0 aliphatic rings. The Kier molecular flexibility index (Phi) is 7.29. The minimum Gasteiger partial charge on any atom is -0.474 e. The number of ketones is 1. The first-order chi connectivity index (χ1) is 13.9. The van der Waals surface area contributed by atoms with Gasteiger partial charge in [-0.15, -0.1) is 0 Å². The van der Waals surface area contributed by atoms with Crippen LogP contribution in [-0.4, -0.2) is 36.3 Å². The first-order valence-corrected chi connectivity index (χ1v) is 12.1. The summed E-state index contributed by atoms with van der Waals surface area (Å²) in [6.45, 7) is 14.0. The minimum absolute atomic E-state index is 0.0595. The number of allylic oxidation sites excluding steroid dienone is 2. The van der Waals surface area contributed by atoms with Crippen LogP contribution >= 0.6 is 0 Å². The maximum Gasteiger partial charge on any atom is 0.223 e. The maximum absolute atomic E-state index is 13.5. The number of carbonyl (C=O) groups excluding carboxylic acids is 1. The molecule has 1 aromatic carbocycles. The predicted molar refractivity (Wildman–Crippen MR) is 120 cm³/mol. The van der Waals surface area contributed by atoms with Gasteiger partial charge >= 0.3 is 0 Å². The maximum atomic E-state index is 13.5. The third-order valence-corrected chi connectivity index (χ3v) is 6.56. The average molecular weight is 433 g/mol. The van der Waals surface area contributed by atoms with E-state index in [-0.39, 0.29) is 16.8 Å². The zero-order valence-electron chi connectivity index (χ0n) is 19.2. The second kappa shape index (κ2) is 9.16. The van der Waals surface area contributed by atoms with E-state index < -0.39 is 9.84 Å². The van der Waals surface area contributed by atoms with Gasteiger partial charge in [0.2, 0.25) is 5.88 Å². The van der Waals surface area contributed by atoms with Crippen LogP contribution in [-0.2, 0) is 16.4 Å². The van der Waals surface area contributed by atoms with Crippen molar-refractivity contribution in [1.29, 1.82) is 0 Å². The Bertz CT molecular complexity index is 1090. The summed E-state index contributed by atoms with van der Waals surface area (Å²) in [4.78, 5) is 13.7. The molecule has 0 aliphatic carbocycles. The van der Waals surface area contributed by atoms with Crippen LogP contribution in [0.15, 0.2) is 28.8 Å². The molecule has 164 valence electrons. The van der Waals surface area contributed by atoms with Crippen molar-refractivity contribution in [3.63, 3.8) is 0 Å². The molecular weight excluding hydrogens is 400 g/mol. The van der Waals surface area contributed by atoms with Crippen LogP contribution in [0.4, 0.5) is 0 Å². The van der Waals surface area contributed by atoms with E-state index in [4.69, 9.17) is 4.74 Å². The number of benzene rings is 1. The van der Waals surface area contributed by atoms with Crippen molar-refractivity contribution in [1.82, 2.24) is 9.78 Å². The summed E-state index contributed by atoms with van der Waals surface area (Å²) < 4.78 is 32.5. The Morgan fingerprint density at radius 3 is 2.30 bits per heavy atom. The van der Waals surface area contributed by atoms with E-state index in [2.05, 4.69) is 5.10 Å². The fourth-order valence-corrected chi connectivity index (χ4v) is 4.25. The predicted octanol–water partition coefficient (Wildman–Crippen LogP) is 4.84. The summed E-state index contributed by atoms with van der Waals surface area (Å²) in [5.74, 6) is 0.220.